The quantitative estimate of drug-likeness (QED) is 0.648. The normalized spacial score (nSPS) is 10.1. The van der Waals surface area contributed by atoms with E-state index in [1.165, 1.54) is 13.2 Å². The Morgan fingerprint density at radius 3 is 2.63 bits per heavy atom. The minimum atomic E-state index is -0.478. The molecular formula is C19H17N5O3. The molecule has 2 heterocycles. The van der Waals surface area contributed by atoms with Crippen LogP contribution in [0.2, 0.25) is 0 Å². The van der Waals surface area contributed by atoms with Crippen LogP contribution >= 0.6 is 0 Å². The highest BCUT2D eigenvalue weighted by Crippen LogP contribution is 2.13. The first-order chi connectivity index (χ1) is 13.2. The highest BCUT2D eigenvalue weighted by Gasteiger charge is 2.11. The van der Waals surface area contributed by atoms with E-state index < -0.39 is 11.9 Å². The zero-order chi connectivity index (χ0) is 19.1. The Hall–Kier alpha value is -3.81. The van der Waals surface area contributed by atoms with Crippen molar-refractivity contribution in [3.8, 4) is 0 Å². The first-order valence-corrected chi connectivity index (χ1v) is 8.13. The van der Waals surface area contributed by atoms with Crippen molar-refractivity contribution < 1.29 is 14.3 Å². The van der Waals surface area contributed by atoms with Gasteiger partial charge in [0.15, 0.2) is 5.69 Å². The second-order valence-electron chi connectivity index (χ2n) is 5.50. The topological polar surface area (TPSA) is 106 Å². The van der Waals surface area contributed by atoms with E-state index in [2.05, 4.69) is 30.6 Å². The summed E-state index contributed by atoms with van der Waals surface area (Å²) < 4.78 is 4.66. The van der Waals surface area contributed by atoms with E-state index in [4.69, 9.17) is 0 Å². The van der Waals surface area contributed by atoms with E-state index in [0.717, 1.165) is 5.69 Å². The van der Waals surface area contributed by atoms with Crippen molar-refractivity contribution in [3.63, 3.8) is 0 Å². The van der Waals surface area contributed by atoms with Gasteiger partial charge in [-0.1, -0.05) is 12.1 Å². The number of hydrogen-bond donors (Lipinski definition) is 2. The zero-order valence-corrected chi connectivity index (χ0v) is 14.5. The minimum Gasteiger partial charge on any atom is -0.465 e. The van der Waals surface area contributed by atoms with Gasteiger partial charge in [-0.2, -0.15) is 0 Å². The molecule has 0 fully saturated rings. The van der Waals surface area contributed by atoms with Gasteiger partial charge in [-0.05, 0) is 42.5 Å². The lowest BCUT2D eigenvalue weighted by molar-refractivity contribution is 0.0600. The molecule has 0 aliphatic heterocycles. The lowest BCUT2D eigenvalue weighted by atomic mass is 10.2. The third kappa shape index (κ3) is 4.85. The first kappa shape index (κ1) is 18.0. The predicted octanol–water partition coefficient (Wildman–Crippen LogP) is 2.52. The molecular weight excluding hydrogens is 346 g/mol. The summed E-state index contributed by atoms with van der Waals surface area (Å²) in [6.45, 7) is 0.501. The van der Waals surface area contributed by atoms with Crippen LogP contribution in [0.15, 0.2) is 60.8 Å². The molecule has 8 heteroatoms. The number of aromatic nitrogens is 3. The molecule has 2 N–H and O–H groups in total. The number of nitrogens with one attached hydrogen (secondary N) is 2. The van der Waals surface area contributed by atoms with E-state index in [-0.39, 0.29) is 5.69 Å². The van der Waals surface area contributed by atoms with Gasteiger partial charge in [0.05, 0.1) is 24.9 Å². The number of amides is 1. The van der Waals surface area contributed by atoms with E-state index in [0.29, 0.717) is 23.6 Å². The molecule has 0 radical (unpaired) electrons. The summed E-state index contributed by atoms with van der Waals surface area (Å²) in [6.07, 6.45) is 1.71. The monoisotopic (exact) mass is 363 g/mol. The van der Waals surface area contributed by atoms with Gasteiger partial charge in [0, 0.05) is 11.9 Å². The van der Waals surface area contributed by atoms with Gasteiger partial charge in [-0.15, -0.1) is 10.2 Å². The number of nitrogens with zero attached hydrogens (tertiary/aromatic N) is 3. The molecule has 136 valence electrons. The molecule has 3 aromatic rings. The van der Waals surface area contributed by atoms with Crippen molar-refractivity contribution in [2.45, 2.75) is 6.54 Å². The Morgan fingerprint density at radius 1 is 1.04 bits per heavy atom. The number of pyridine rings is 1. The summed E-state index contributed by atoms with van der Waals surface area (Å²) in [4.78, 5) is 28.1. The van der Waals surface area contributed by atoms with Gasteiger partial charge in [0.2, 0.25) is 0 Å². The Balaban J connectivity index is 1.61. The van der Waals surface area contributed by atoms with Crippen molar-refractivity contribution >= 4 is 23.4 Å². The molecule has 8 nitrogen and oxygen atoms in total. The highest BCUT2D eigenvalue weighted by atomic mass is 16.5. The molecule has 0 saturated heterocycles. The summed E-state index contributed by atoms with van der Waals surface area (Å²) in [6, 6.07) is 15.3. The Labute approximate surface area is 155 Å². The van der Waals surface area contributed by atoms with E-state index in [1.807, 2.05) is 18.2 Å². The first-order valence-electron chi connectivity index (χ1n) is 8.13. The smallest absolute Gasteiger partial charge is 0.337 e. The average molecular weight is 363 g/mol. The number of carbonyl (C=O) groups is 2. The number of hydrogen-bond acceptors (Lipinski definition) is 7. The second-order valence-corrected chi connectivity index (χ2v) is 5.50. The zero-order valence-electron chi connectivity index (χ0n) is 14.5. The molecule has 2 aromatic heterocycles. The van der Waals surface area contributed by atoms with Crippen molar-refractivity contribution in [1.29, 1.82) is 0 Å². The van der Waals surface area contributed by atoms with Gasteiger partial charge in [-0.3, -0.25) is 9.78 Å². The molecule has 0 spiro atoms. The molecule has 1 amide bonds. The van der Waals surface area contributed by atoms with Crippen LogP contribution in [0.1, 0.15) is 26.5 Å². The number of ether oxygens (including phenoxy) is 1. The van der Waals surface area contributed by atoms with Crippen LogP contribution < -0.4 is 10.6 Å². The molecule has 0 unspecified atom stereocenters. The van der Waals surface area contributed by atoms with Crippen LogP contribution in [0, 0.1) is 0 Å². The molecule has 1 aromatic carbocycles. The summed E-state index contributed by atoms with van der Waals surface area (Å²) in [5, 5.41) is 13.7. The summed E-state index contributed by atoms with van der Waals surface area (Å²) in [5.41, 5.74) is 1.82. The molecule has 0 bridgehead atoms. The summed E-state index contributed by atoms with van der Waals surface area (Å²) in [5.74, 6) is -0.375. The molecule has 3 rings (SSSR count). The molecule has 0 atom stereocenters. The summed E-state index contributed by atoms with van der Waals surface area (Å²) >= 11 is 0. The van der Waals surface area contributed by atoms with Crippen LogP contribution in [-0.2, 0) is 11.3 Å². The largest absolute Gasteiger partial charge is 0.465 e. The molecule has 0 saturated carbocycles. The van der Waals surface area contributed by atoms with Gasteiger partial charge in [0.25, 0.3) is 5.91 Å². The van der Waals surface area contributed by atoms with E-state index in [1.54, 1.807) is 36.5 Å². The highest BCUT2D eigenvalue weighted by molar-refractivity contribution is 6.03. The Bertz CT molecular complexity index is 930. The number of rotatable bonds is 6. The number of carbonyl (C=O) groups excluding carboxylic acids is 2. The third-order valence-electron chi connectivity index (χ3n) is 3.62. The lowest BCUT2D eigenvalue weighted by Crippen LogP contribution is -2.15. The Morgan fingerprint density at radius 2 is 1.93 bits per heavy atom. The molecule has 27 heavy (non-hydrogen) atoms. The number of anilines is 2. The van der Waals surface area contributed by atoms with Crippen molar-refractivity contribution in [1.82, 2.24) is 15.2 Å². The lowest BCUT2D eigenvalue weighted by Gasteiger charge is -2.07. The van der Waals surface area contributed by atoms with Crippen molar-refractivity contribution in [3.05, 3.63) is 77.7 Å². The van der Waals surface area contributed by atoms with Crippen LogP contribution in [0.3, 0.4) is 0 Å². The van der Waals surface area contributed by atoms with E-state index >= 15 is 0 Å². The van der Waals surface area contributed by atoms with Gasteiger partial charge in [0.1, 0.15) is 5.82 Å². The maximum Gasteiger partial charge on any atom is 0.337 e. The SMILES string of the molecule is COC(=O)c1cccc(NC(=O)c2ccc(NCc3ccccn3)nn2)c1. The van der Waals surface area contributed by atoms with Crippen LogP contribution in [0.25, 0.3) is 0 Å². The number of esters is 1. The maximum atomic E-state index is 12.3. The summed E-state index contributed by atoms with van der Waals surface area (Å²) in [7, 11) is 1.30. The van der Waals surface area contributed by atoms with E-state index in [9.17, 15) is 9.59 Å². The van der Waals surface area contributed by atoms with Gasteiger partial charge >= 0.3 is 5.97 Å². The van der Waals surface area contributed by atoms with Crippen LogP contribution in [0.4, 0.5) is 11.5 Å². The van der Waals surface area contributed by atoms with Gasteiger partial charge in [-0.25, -0.2) is 4.79 Å². The predicted molar refractivity (Wildman–Crippen MR) is 99.3 cm³/mol. The Kier molecular flexibility index (Phi) is 5.68. The van der Waals surface area contributed by atoms with Crippen molar-refractivity contribution in [2.75, 3.05) is 17.7 Å². The van der Waals surface area contributed by atoms with Crippen molar-refractivity contribution in [2.24, 2.45) is 0 Å². The van der Waals surface area contributed by atoms with Crippen LogP contribution in [-0.4, -0.2) is 34.2 Å². The fourth-order valence-corrected chi connectivity index (χ4v) is 2.27. The number of methoxy groups -OCH3 is 1. The van der Waals surface area contributed by atoms with Crippen LogP contribution in [0.5, 0.6) is 0 Å². The van der Waals surface area contributed by atoms with Gasteiger partial charge < -0.3 is 15.4 Å². The maximum absolute atomic E-state index is 12.3. The third-order valence-corrected chi connectivity index (χ3v) is 3.62. The number of benzene rings is 1. The fourth-order valence-electron chi connectivity index (χ4n) is 2.27. The fraction of sp³-hybridized carbons (Fsp3) is 0.105. The average Bonchev–Trinajstić information content (AvgIpc) is 2.73. The molecule has 0 aliphatic carbocycles. The minimum absolute atomic E-state index is 0.154. The molecule has 0 aliphatic rings. The standard InChI is InChI=1S/C19H17N5O3/c1-27-19(26)13-5-4-7-14(11-13)22-18(25)16-8-9-17(24-23-16)21-12-15-6-2-3-10-20-15/h2-11H,12H2,1H3,(H,21,24)(H,22,25). The second kappa shape index (κ2) is 8.52.